The number of hydrogen-bond donors (Lipinski definition) is 0. The van der Waals surface area contributed by atoms with Gasteiger partial charge in [0.2, 0.25) is 0 Å². The summed E-state index contributed by atoms with van der Waals surface area (Å²) in [6.07, 6.45) is 2.36. The molecule has 2 nitrogen and oxygen atoms in total. The van der Waals surface area contributed by atoms with Gasteiger partial charge in [-0.3, -0.25) is 0 Å². The van der Waals surface area contributed by atoms with Gasteiger partial charge in [-0.1, -0.05) is 12.5 Å². The predicted octanol–water partition coefficient (Wildman–Crippen LogP) is 2.31. The number of nitrogens with zero attached hydrogens (tertiary/aromatic N) is 1. The molecule has 0 spiro atoms. The summed E-state index contributed by atoms with van der Waals surface area (Å²) in [6, 6.07) is 0. The van der Waals surface area contributed by atoms with Gasteiger partial charge >= 0.3 is 0 Å². The lowest BCUT2D eigenvalue weighted by molar-refractivity contribution is 0.150. The third kappa shape index (κ3) is 8.00. The van der Waals surface area contributed by atoms with Gasteiger partial charge in [0.1, 0.15) is 0 Å². The van der Waals surface area contributed by atoms with Gasteiger partial charge in [-0.2, -0.15) is 0 Å². The third-order valence-electron chi connectivity index (χ3n) is 2.14. The standard InChI is InChI=1S/C11H23NO/c1-5-12(9-10-13-4)8-6-7-11(2)3/h2,5-10H2,1,3-4H3. The zero-order valence-corrected chi connectivity index (χ0v) is 9.31. The molecular weight excluding hydrogens is 162 g/mol. The van der Waals surface area contributed by atoms with Crippen molar-refractivity contribution in [3.05, 3.63) is 12.2 Å². The van der Waals surface area contributed by atoms with Crippen molar-refractivity contribution in [2.45, 2.75) is 26.7 Å². The van der Waals surface area contributed by atoms with E-state index in [1.54, 1.807) is 7.11 Å². The molecule has 13 heavy (non-hydrogen) atoms. The molecule has 0 aromatic rings. The summed E-state index contributed by atoms with van der Waals surface area (Å²) in [4.78, 5) is 2.41. The highest BCUT2D eigenvalue weighted by Gasteiger charge is 2.00. The maximum absolute atomic E-state index is 5.04. The van der Waals surface area contributed by atoms with E-state index in [9.17, 15) is 0 Å². The van der Waals surface area contributed by atoms with Crippen molar-refractivity contribution in [2.75, 3.05) is 33.4 Å². The van der Waals surface area contributed by atoms with Gasteiger partial charge < -0.3 is 9.64 Å². The molecule has 0 amide bonds. The van der Waals surface area contributed by atoms with E-state index in [2.05, 4.69) is 25.3 Å². The third-order valence-corrected chi connectivity index (χ3v) is 2.14. The van der Waals surface area contributed by atoms with Crippen molar-refractivity contribution in [1.82, 2.24) is 4.90 Å². The second-order valence-electron chi connectivity index (χ2n) is 3.49. The van der Waals surface area contributed by atoms with E-state index >= 15 is 0 Å². The summed E-state index contributed by atoms with van der Waals surface area (Å²) in [7, 11) is 1.75. The Labute approximate surface area is 82.6 Å². The highest BCUT2D eigenvalue weighted by Crippen LogP contribution is 2.02. The summed E-state index contributed by atoms with van der Waals surface area (Å²) in [5, 5.41) is 0. The first-order valence-corrected chi connectivity index (χ1v) is 5.06. The zero-order valence-electron chi connectivity index (χ0n) is 9.31. The summed E-state index contributed by atoms with van der Waals surface area (Å²) >= 11 is 0. The lowest BCUT2D eigenvalue weighted by Gasteiger charge is -2.19. The van der Waals surface area contributed by atoms with Crippen LogP contribution in [0.3, 0.4) is 0 Å². The van der Waals surface area contributed by atoms with E-state index in [0.717, 1.165) is 32.7 Å². The van der Waals surface area contributed by atoms with E-state index in [0.29, 0.717) is 0 Å². The first-order valence-electron chi connectivity index (χ1n) is 5.06. The molecule has 0 fully saturated rings. The van der Waals surface area contributed by atoms with Crippen molar-refractivity contribution >= 4 is 0 Å². The van der Waals surface area contributed by atoms with Crippen molar-refractivity contribution < 1.29 is 4.74 Å². The number of ether oxygens (including phenoxy) is 1. The Hall–Kier alpha value is -0.340. The molecule has 0 atom stereocenters. The van der Waals surface area contributed by atoms with Gasteiger partial charge in [-0.25, -0.2) is 0 Å². The average molecular weight is 185 g/mol. The van der Waals surface area contributed by atoms with Gasteiger partial charge in [0.15, 0.2) is 0 Å². The normalized spacial score (nSPS) is 10.8. The minimum absolute atomic E-state index is 0.834. The molecule has 0 saturated heterocycles. The molecule has 2 heteroatoms. The number of hydrogen-bond acceptors (Lipinski definition) is 2. The molecule has 0 bridgehead atoms. The summed E-state index contributed by atoms with van der Waals surface area (Å²) < 4.78 is 5.04. The summed E-state index contributed by atoms with van der Waals surface area (Å²) in [5.74, 6) is 0. The van der Waals surface area contributed by atoms with Crippen LogP contribution < -0.4 is 0 Å². The fraction of sp³-hybridized carbons (Fsp3) is 0.818. The topological polar surface area (TPSA) is 12.5 Å². The average Bonchev–Trinajstić information content (AvgIpc) is 2.10. The quantitative estimate of drug-likeness (QED) is 0.538. The smallest absolute Gasteiger partial charge is 0.0589 e. The van der Waals surface area contributed by atoms with E-state index in [1.165, 1.54) is 12.0 Å². The second-order valence-corrected chi connectivity index (χ2v) is 3.49. The largest absolute Gasteiger partial charge is 0.383 e. The minimum atomic E-state index is 0.834. The van der Waals surface area contributed by atoms with Crippen molar-refractivity contribution in [3.8, 4) is 0 Å². The van der Waals surface area contributed by atoms with Crippen LogP contribution in [0.4, 0.5) is 0 Å². The Morgan fingerprint density at radius 1 is 1.38 bits per heavy atom. The molecule has 78 valence electrons. The Kier molecular flexibility index (Phi) is 8.05. The van der Waals surface area contributed by atoms with Crippen molar-refractivity contribution in [3.63, 3.8) is 0 Å². The van der Waals surface area contributed by atoms with E-state index in [-0.39, 0.29) is 0 Å². The van der Waals surface area contributed by atoms with E-state index in [1.807, 2.05) is 0 Å². The molecule has 0 unspecified atom stereocenters. The molecule has 0 aliphatic carbocycles. The van der Waals surface area contributed by atoms with Gasteiger partial charge in [0, 0.05) is 13.7 Å². The van der Waals surface area contributed by atoms with Gasteiger partial charge in [-0.05, 0) is 32.9 Å². The van der Waals surface area contributed by atoms with Gasteiger partial charge in [-0.15, -0.1) is 6.58 Å². The van der Waals surface area contributed by atoms with Crippen molar-refractivity contribution in [1.29, 1.82) is 0 Å². The number of rotatable bonds is 8. The molecule has 0 aromatic carbocycles. The molecule has 0 aromatic heterocycles. The number of likely N-dealkylation sites (N-methyl/N-ethyl adjacent to an activating group) is 1. The Balaban J connectivity index is 3.41. The number of methoxy groups -OCH3 is 1. The van der Waals surface area contributed by atoms with Gasteiger partial charge in [0.05, 0.1) is 6.61 Å². The maximum atomic E-state index is 5.04. The fourth-order valence-electron chi connectivity index (χ4n) is 1.25. The zero-order chi connectivity index (χ0) is 10.1. The molecule has 0 aliphatic rings. The van der Waals surface area contributed by atoms with Crippen LogP contribution in [0, 0.1) is 0 Å². The number of allylic oxidation sites excluding steroid dienone is 1. The van der Waals surface area contributed by atoms with Crippen LogP contribution in [0.2, 0.25) is 0 Å². The Morgan fingerprint density at radius 3 is 2.54 bits per heavy atom. The summed E-state index contributed by atoms with van der Waals surface area (Å²) in [6.45, 7) is 12.3. The van der Waals surface area contributed by atoms with Crippen LogP contribution in [0.1, 0.15) is 26.7 Å². The first kappa shape index (κ1) is 12.7. The molecular formula is C11H23NO. The van der Waals surface area contributed by atoms with Crippen LogP contribution in [-0.2, 0) is 4.74 Å². The summed E-state index contributed by atoms with van der Waals surface area (Å²) in [5.41, 5.74) is 1.28. The maximum Gasteiger partial charge on any atom is 0.0589 e. The highest BCUT2D eigenvalue weighted by molar-refractivity contribution is 4.87. The highest BCUT2D eigenvalue weighted by atomic mass is 16.5. The molecule has 0 rings (SSSR count). The van der Waals surface area contributed by atoms with Crippen LogP contribution in [-0.4, -0.2) is 38.3 Å². The molecule has 0 radical (unpaired) electrons. The van der Waals surface area contributed by atoms with Crippen LogP contribution in [0.5, 0.6) is 0 Å². The van der Waals surface area contributed by atoms with E-state index < -0.39 is 0 Å². The minimum Gasteiger partial charge on any atom is -0.383 e. The van der Waals surface area contributed by atoms with Crippen LogP contribution >= 0.6 is 0 Å². The Bertz CT molecular complexity index is 134. The van der Waals surface area contributed by atoms with Gasteiger partial charge in [0.25, 0.3) is 0 Å². The predicted molar refractivity (Wildman–Crippen MR) is 58.0 cm³/mol. The molecule has 0 aliphatic heterocycles. The van der Waals surface area contributed by atoms with E-state index in [4.69, 9.17) is 4.74 Å². The lowest BCUT2D eigenvalue weighted by atomic mass is 10.2. The molecule has 0 N–H and O–H groups in total. The Morgan fingerprint density at radius 2 is 2.08 bits per heavy atom. The molecule has 0 saturated carbocycles. The fourth-order valence-corrected chi connectivity index (χ4v) is 1.25. The SMILES string of the molecule is C=C(C)CCCN(CC)CCOC. The monoisotopic (exact) mass is 185 g/mol. The lowest BCUT2D eigenvalue weighted by Crippen LogP contribution is -2.28. The van der Waals surface area contributed by atoms with Crippen LogP contribution in [0.15, 0.2) is 12.2 Å². The van der Waals surface area contributed by atoms with Crippen LogP contribution in [0.25, 0.3) is 0 Å². The molecule has 0 heterocycles. The second kappa shape index (κ2) is 8.27. The first-order chi connectivity index (χ1) is 6.20. The van der Waals surface area contributed by atoms with Crippen molar-refractivity contribution in [2.24, 2.45) is 0 Å².